The van der Waals surface area contributed by atoms with Crippen LogP contribution in [0.5, 0.6) is 0 Å². The van der Waals surface area contributed by atoms with Gasteiger partial charge in [-0.05, 0) is 319 Å². The summed E-state index contributed by atoms with van der Waals surface area (Å²) in [7, 11) is 10.7. The standard InChI is InChI=1S/C22H34O.C21H30O5.C20H30O2.C19H28O3.C19H26O3.C4H6O3.C2H5.Al.B.2ClH.HIO4.2Na/c1-5-15-7-9-18-17-8-6-16-12-14(2)10-11-21(16,3)20(17)19(23)13-22(15,18)4;1-19-7-5-13(23)9-12(19)3-4-14-15-6-8-21(26,17(25)11-22)20(15,2)10-16(24)18(14)19;1-12-8-9-19(2)13(10-12)4-5-14-15-6-7-17(22)20(15,3)11-16(21)18(14)19;2*1-18-8-7-12(20)9-11(18)3-4-13-14-5-6-16(22)19(14,2)10-15(21)17(13)18;1-3(5)7-4(2)6;1-2;;;;;2-1(3,4)5;;/h5,14,16-18,20H,6-13H2,1-4H3;9,14-16,18,22,24,26H,3-8,10-11H2,1-2H3;12-15,18H,4-11H2,1-3H3;11-14,17,20H,3-10H2,1-2H3;11,13-14,17H,3-10H2,1-2H3;1-2H3;1H2,2H3;;;2*1H;2H;;/q;;;;;;;+2;;;;;;/p-2/b15-5-;;;;;;;;;;;;;/t14-,16+,17?,18?,20?,21-,22+;14?,15?,16-,18?,19-,20-,21-;12-,13+,14?,15?,18?,19-,20-;11?,12-,13?,14?,17?,18-,19-;11?,13?,14?,17?,18-,19-;;;;;;;;;/m00000........./s1. The molecule has 0 aromatic rings. The SMILES string of the molecule is C/C=C1/CCC2C3CC[C@@H]4C[C@@H](C)CC[C@]4(C)C3C(=O)C[C@]12C.CC(=O)OC(C)=O.C[C@H]1CC[C@]2(C)C3C(=O)C[C@]4(C)C(=O)CCC4C3CC[C@@H]2C1.C[C@]12CCC(=O)C=C1CCC1C2[C@@H](O)C[C@@]2(C)C1CC[C@]2(O)C(=O)CO.C[C@]12CCC(=O)CC1CCC1C2C(=O)C[C@]2(C)C(=O)CCC12.C[C@]12CC[C@H](O)CC1CCC1C2C(=O)C[C@]2(C)C(=O)CCC12.C[CH2][Al]([Cl])[Cl].[B].[Na][Na].[O-][I+3]([O-])([O-])O. The van der Waals surface area contributed by atoms with E-state index in [2.05, 4.69) is 87.0 Å². The molecular weight excluding hydrogens is 1900 g/mol. The Morgan fingerprint density at radius 1 is 0.489 bits per heavy atom. The molecule has 17 unspecified atom stereocenters. The van der Waals surface area contributed by atoms with Crippen molar-refractivity contribution in [1.82, 2.24) is 0 Å². The van der Waals surface area contributed by atoms with Gasteiger partial charge in [-0.2, -0.15) is 0 Å². The molecular formula is C107H160AlBCl2INa2O21. The molecule has 20 aliphatic carbocycles. The molecule has 21 nitrogen and oxygen atoms in total. The van der Waals surface area contributed by atoms with Crippen molar-refractivity contribution in [2.45, 2.75) is 384 Å². The van der Waals surface area contributed by atoms with Gasteiger partial charge in [-0.15, -0.1) is 0 Å². The molecule has 0 saturated heterocycles. The number of ketones is 10. The maximum atomic E-state index is 13.4. The van der Waals surface area contributed by atoms with Crippen LogP contribution in [0, 0.1) is 178 Å². The Hall–Kier alpha value is -1.09. The van der Waals surface area contributed by atoms with Crippen LogP contribution in [-0.2, 0) is 62.3 Å². The summed E-state index contributed by atoms with van der Waals surface area (Å²) in [6.45, 7) is 32.9. The van der Waals surface area contributed by atoms with Crippen molar-refractivity contribution in [3.63, 3.8) is 0 Å². The van der Waals surface area contributed by atoms with E-state index in [1.807, 2.05) is 20.8 Å². The van der Waals surface area contributed by atoms with Gasteiger partial charge < -0.3 is 25.2 Å². The molecule has 0 amide bonds. The zero-order valence-corrected chi connectivity index (χ0v) is 93.8. The number of allylic oxidation sites excluding steroid dienone is 3. The van der Waals surface area contributed by atoms with Crippen molar-refractivity contribution in [2.24, 2.45) is 178 Å². The van der Waals surface area contributed by atoms with Crippen molar-refractivity contribution >= 4 is 154 Å². The van der Waals surface area contributed by atoms with Gasteiger partial charge in [0.05, 0.1) is 12.2 Å². The van der Waals surface area contributed by atoms with Crippen LogP contribution in [0.25, 0.3) is 0 Å². The zero-order valence-electron chi connectivity index (χ0n) is 85.0. The molecule has 743 valence electrons. The third-order valence-electron chi connectivity index (χ3n) is 42.3. The maximum absolute atomic E-state index is 13.4. The van der Waals surface area contributed by atoms with Gasteiger partial charge in [0.25, 0.3) is 0 Å². The molecule has 28 heteroatoms. The van der Waals surface area contributed by atoms with Crippen LogP contribution in [0.1, 0.15) is 361 Å². The molecule has 34 atom stereocenters. The van der Waals surface area contributed by atoms with Gasteiger partial charge in [0.2, 0.25) is 0 Å². The minimum atomic E-state index is -5.69. The first kappa shape index (κ1) is 114. The van der Waals surface area contributed by atoms with Gasteiger partial charge in [-0.3, -0.25) is 67.8 Å². The van der Waals surface area contributed by atoms with Gasteiger partial charge >= 0.3 is 88.0 Å². The Bertz CT molecular complexity index is 4390. The van der Waals surface area contributed by atoms with Gasteiger partial charge in [-0.25, -0.2) is 20.1 Å². The van der Waals surface area contributed by atoms with Crippen LogP contribution in [0.2, 0.25) is 5.28 Å². The number of rotatable bonds is 3. The van der Waals surface area contributed by atoms with Crippen molar-refractivity contribution in [1.29, 1.82) is 0 Å². The number of carbonyl (C=O) groups is 12. The number of carbonyl (C=O) groups excluding carboxylic acids is 12. The number of fused-ring (bicyclic) bond motifs is 25. The molecule has 0 heterocycles. The van der Waals surface area contributed by atoms with Crippen molar-refractivity contribution < 1.29 is 117 Å². The van der Waals surface area contributed by atoms with E-state index in [0.29, 0.717) is 175 Å². The Morgan fingerprint density at radius 3 is 1.26 bits per heavy atom. The molecule has 135 heavy (non-hydrogen) atoms. The van der Waals surface area contributed by atoms with Crippen LogP contribution in [-0.4, -0.2) is 182 Å². The summed E-state index contributed by atoms with van der Waals surface area (Å²) in [5, 5.41) is 42.7. The third kappa shape index (κ3) is 21.7. The van der Waals surface area contributed by atoms with E-state index in [1.165, 1.54) is 140 Å². The molecule has 20 rings (SSSR count). The summed E-state index contributed by atoms with van der Waals surface area (Å²) in [6.07, 6.45) is 40.0. The predicted octanol–water partition coefficient (Wildman–Crippen LogP) is 12.3. The van der Waals surface area contributed by atoms with E-state index in [9.17, 15) is 78.0 Å². The smallest absolute Gasteiger partial charge is 0.256 e. The van der Waals surface area contributed by atoms with Crippen LogP contribution in [0.15, 0.2) is 23.3 Å². The molecule has 19 fully saturated rings. The fourth-order valence-electron chi connectivity index (χ4n) is 35.6. The van der Waals surface area contributed by atoms with Crippen molar-refractivity contribution in [3.05, 3.63) is 23.3 Å². The van der Waals surface area contributed by atoms with Crippen LogP contribution in [0.4, 0.5) is 0 Å². The Kier molecular flexibility index (Phi) is 37.3. The minimum absolute atomic E-state index is 0. The van der Waals surface area contributed by atoms with E-state index >= 15 is 0 Å². The summed E-state index contributed by atoms with van der Waals surface area (Å²) >= 11 is -4.01. The first-order chi connectivity index (χ1) is 62.5. The minimum Gasteiger partial charge on any atom is -0.256 e. The maximum Gasteiger partial charge on any atom is 0.368 e. The third-order valence-corrected chi connectivity index (χ3v) is 44.8. The Balaban J connectivity index is 0.000000154. The van der Waals surface area contributed by atoms with Gasteiger partial charge in [0, 0.05) is 135 Å². The van der Waals surface area contributed by atoms with Crippen LogP contribution < -0.4 is 30.4 Å². The average Bonchev–Trinajstić information content (AvgIpc) is 1.59. The Morgan fingerprint density at radius 2 is 0.867 bits per heavy atom. The average molecular weight is 2060 g/mol. The summed E-state index contributed by atoms with van der Waals surface area (Å²) in [5.74, 6) is 11.2. The monoisotopic (exact) mass is 2060 g/mol. The quantitative estimate of drug-likeness (QED) is 0.0576. The first-order valence-corrected chi connectivity index (χ1v) is 68.4. The number of hydrogen-bond acceptors (Lipinski definition) is 21. The van der Waals surface area contributed by atoms with E-state index in [4.69, 9.17) is 33.8 Å². The molecule has 0 aliphatic heterocycles. The van der Waals surface area contributed by atoms with E-state index in [0.717, 1.165) is 144 Å². The molecule has 3 radical (unpaired) electrons. The number of aliphatic hydroxyl groups excluding tert-OH is 3. The van der Waals surface area contributed by atoms with Gasteiger partial charge in [0.15, 0.2) is 11.6 Å². The number of hydrogen-bond donors (Lipinski definition) is 5. The molecule has 0 bridgehead atoms. The number of esters is 2. The van der Waals surface area contributed by atoms with Crippen LogP contribution in [0.3, 0.4) is 0 Å². The van der Waals surface area contributed by atoms with Gasteiger partial charge in [0.1, 0.15) is 58.5 Å². The van der Waals surface area contributed by atoms with Crippen molar-refractivity contribution in [3.8, 4) is 0 Å². The summed E-state index contributed by atoms with van der Waals surface area (Å²) < 4.78 is 37.2. The first-order valence-electron chi connectivity index (χ1n) is 52.5. The zero-order chi connectivity index (χ0) is 99.1. The predicted molar refractivity (Wildman–Crippen MR) is 512 cm³/mol. The molecule has 20 aliphatic rings. The molecule has 0 spiro atoms. The van der Waals surface area contributed by atoms with E-state index < -0.39 is 73.8 Å². The second kappa shape index (κ2) is 44.1. The number of Topliss-reactive ketones (excluding diaryl/α,β-unsaturated/α-hetero) is 9. The summed E-state index contributed by atoms with van der Waals surface area (Å²) in [6, 6.07) is 0. The largest absolute Gasteiger partial charge is 0.368 e. The van der Waals surface area contributed by atoms with Crippen LogP contribution >= 0.6 is 20.1 Å². The Labute approximate surface area is 855 Å². The molecule has 19 saturated carbocycles. The van der Waals surface area contributed by atoms with Crippen molar-refractivity contribution in [2.75, 3.05) is 6.61 Å². The van der Waals surface area contributed by atoms with Gasteiger partial charge in [-0.1, -0.05) is 125 Å². The second-order valence-electron chi connectivity index (χ2n) is 48.9. The topological polar surface area (TPSA) is 384 Å². The summed E-state index contributed by atoms with van der Waals surface area (Å²) in [4.78, 5) is 145. The molecule has 0 aromatic carbocycles. The fourth-order valence-corrected chi connectivity index (χ4v) is 35.6. The molecule has 0 aromatic heterocycles. The number of aliphatic hydroxyl groups is 4. The number of ether oxygens (including phenoxy) is 1. The second-order valence-corrected chi connectivity index (χ2v) is 56.6. The summed E-state index contributed by atoms with van der Waals surface area (Å²) in [5.41, 5.74) is 0.0747. The number of halogens is 3. The van der Waals surface area contributed by atoms with E-state index in [-0.39, 0.29) is 99.1 Å². The normalized spacial score (nSPS) is 46.4. The van der Waals surface area contributed by atoms with E-state index in [1.54, 1.807) is 11.6 Å². The molecule has 5 N–H and O–H groups in total. The fraction of sp³-hybridized carbons (Fsp3) is 0.850.